The summed E-state index contributed by atoms with van der Waals surface area (Å²) in [6, 6.07) is 5.73. The van der Waals surface area contributed by atoms with Gasteiger partial charge in [0, 0.05) is 42.3 Å². The van der Waals surface area contributed by atoms with Crippen molar-refractivity contribution in [1.29, 1.82) is 0 Å². The highest BCUT2D eigenvalue weighted by Crippen LogP contribution is 2.51. The number of hydrogen-bond acceptors (Lipinski definition) is 9. The molecule has 1 aliphatic carbocycles. The summed E-state index contributed by atoms with van der Waals surface area (Å²) in [5, 5.41) is 9.10. The molecule has 1 saturated carbocycles. The zero-order valence-electron chi connectivity index (χ0n) is 21.5. The van der Waals surface area contributed by atoms with Crippen molar-refractivity contribution in [2.45, 2.75) is 54.6 Å². The van der Waals surface area contributed by atoms with E-state index in [1.54, 1.807) is 54.7 Å². The molecule has 0 saturated heterocycles. The molecule has 3 aliphatic rings. The summed E-state index contributed by atoms with van der Waals surface area (Å²) in [5.74, 6) is -0.176. The van der Waals surface area contributed by atoms with E-state index in [0.717, 1.165) is 24.8 Å². The van der Waals surface area contributed by atoms with E-state index in [1.165, 1.54) is 17.8 Å². The second-order valence-corrected chi connectivity index (χ2v) is 10.7. The van der Waals surface area contributed by atoms with Crippen LogP contribution in [0.5, 0.6) is 11.9 Å². The van der Waals surface area contributed by atoms with Crippen molar-refractivity contribution in [3.8, 4) is 11.9 Å². The average molecular weight is 559 g/mol. The van der Waals surface area contributed by atoms with Gasteiger partial charge in [0.05, 0.1) is 23.1 Å². The van der Waals surface area contributed by atoms with Crippen molar-refractivity contribution in [1.82, 2.24) is 35.9 Å². The van der Waals surface area contributed by atoms with Gasteiger partial charge in [0.15, 0.2) is 0 Å². The Morgan fingerprint density at radius 3 is 2.62 bits per heavy atom. The Labute approximate surface area is 234 Å². The fourth-order valence-corrected chi connectivity index (χ4v) is 6.57. The highest BCUT2D eigenvalue weighted by molar-refractivity contribution is 8.01. The maximum Gasteiger partial charge on any atom is 0.327 e. The van der Waals surface area contributed by atoms with Crippen molar-refractivity contribution in [3.63, 3.8) is 0 Å². The van der Waals surface area contributed by atoms with Gasteiger partial charge < -0.3 is 20.7 Å². The number of amides is 4. The minimum atomic E-state index is -0.605. The number of pyridine rings is 2. The summed E-state index contributed by atoms with van der Waals surface area (Å²) in [4.78, 5) is 57.5. The van der Waals surface area contributed by atoms with Crippen LogP contribution in [-0.4, -0.2) is 55.1 Å². The Morgan fingerprint density at radius 1 is 1.10 bits per heavy atom. The monoisotopic (exact) mass is 558 g/mol. The van der Waals surface area contributed by atoms with E-state index in [1.807, 2.05) is 0 Å². The number of ether oxygens (including phenoxy) is 1. The van der Waals surface area contributed by atoms with E-state index < -0.39 is 11.3 Å². The smallest absolute Gasteiger partial charge is 0.327 e. The number of carbonyl (C=O) groups is 3. The molecule has 40 heavy (non-hydrogen) atoms. The number of anilines is 2. The summed E-state index contributed by atoms with van der Waals surface area (Å²) in [7, 11) is 0. The lowest BCUT2D eigenvalue weighted by Crippen LogP contribution is -2.53. The summed E-state index contributed by atoms with van der Waals surface area (Å²) in [6.07, 6.45) is 8.43. The van der Waals surface area contributed by atoms with Crippen LogP contribution in [0.2, 0.25) is 0 Å². The SMILES string of the molecule is C=CC(=O)N[C@H]1CCC[C@H]1NC(=O)C1Sc2nccc3c2C1NC(=O)N3c1ccc(Oc2ncccn2)nc1C. The highest BCUT2D eigenvalue weighted by Gasteiger charge is 2.47. The number of carbonyl (C=O) groups excluding carboxylic acids is 3. The van der Waals surface area contributed by atoms with Crippen LogP contribution in [0, 0.1) is 6.92 Å². The lowest BCUT2D eigenvalue weighted by molar-refractivity contribution is -0.122. The minimum absolute atomic E-state index is 0.163. The zero-order valence-corrected chi connectivity index (χ0v) is 22.4. The molecule has 6 rings (SSSR count). The maximum absolute atomic E-state index is 13.5. The molecule has 204 valence electrons. The van der Waals surface area contributed by atoms with Crippen LogP contribution in [0.3, 0.4) is 0 Å². The van der Waals surface area contributed by atoms with Crippen molar-refractivity contribution in [2.75, 3.05) is 4.90 Å². The largest absolute Gasteiger partial charge is 0.405 e. The van der Waals surface area contributed by atoms with Gasteiger partial charge in [-0.05, 0) is 50.5 Å². The quantitative estimate of drug-likeness (QED) is 0.372. The first kappa shape index (κ1) is 25.7. The maximum atomic E-state index is 13.5. The van der Waals surface area contributed by atoms with E-state index in [2.05, 4.69) is 42.5 Å². The molecule has 2 unspecified atom stereocenters. The van der Waals surface area contributed by atoms with Gasteiger partial charge in [-0.1, -0.05) is 18.3 Å². The highest BCUT2D eigenvalue weighted by atomic mass is 32.2. The number of thioether (sulfide) groups is 1. The summed E-state index contributed by atoms with van der Waals surface area (Å²) in [5.41, 5.74) is 2.55. The Morgan fingerprint density at radius 2 is 1.88 bits per heavy atom. The molecule has 0 spiro atoms. The van der Waals surface area contributed by atoms with Crippen LogP contribution in [-0.2, 0) is 9.59 Å². The molecule has 0 aromatic carbocycles. The molecule has 13 heteroatoms. The second-order valence-electron chi connectivity index (χ2n) is 9.60. The third-order valence-electron chi connectivity index (χ3n) is 7.13. The number of aryl methyl sites for hydroxylation is 1. The van der Waals surface area contributed by atoms with Crippen molar-refractivity contribution in [3.05, 3.63) is 66.8 Å². The first-order valence-electron chi connectivity index (χ1n) is 12.8. The van der Waals surface area contributed by atoms with Crippen LogP contribution in [0.25, 0.3) is 0 Å². The van der Waals surface area contributed by atoms with E-state index in [0.29, 0.717) is 28.0 Å². The normalized spacial score (nSPS) is 22.7. The Hall–Kier alpha value is -4.52. The molecule has 5 heterocycles. The second kappa shape index (κ2) is 10.6. The van der Waals surface area contributed by atoms with Crippen molar-refractivity contribution >= 4 is 41.0 Å². The van der Waals surface area contributed by atoms with E-state index in [4.69, 9.17) is 4.74 Å². The molecule has 3 N–H and O–H groups in total. The summed E-state index contributed by atoms with van der Waals surface area (Å²) < 4.78 is 5.64. The van der Waals surface area contributed by atoms with E-state index in [-0.39, 0.29) is 35.9 Å². The summed E-state index contributed by atoms with van der Waals surface area (Å²) in [6.45, 7) is 5.28. The molecule has 0 bridgehead atoms. The van der Waals surface area contributed by atoms with Crippen molar-refractivity contribution < 1.29 is 19.1 Å². The van der Waals surface area contributed by atoms with Crippen molar-refractivity contribution in [2.24, 2.45) is 0 Å². The van der Waals surface area contributed by atoms with Gasteiger partial charge in [-0.25, -0.2) is 24.7 Å². The Balaban J connectivity index is 1.23. The molecular weight excluding hydrogens is 532 g/mol. The van der Waals surface area contributed by atoms with Gasteiger partial charge in [-0.15, -0.1) is 0 Å². The van der Waals surface area contributed by atoms with Crippen LogP contribution in [0.4, 0.5) is 16.2 Å². The zero-order chi connectivity index (χ0) is 27.8. The van der Waals surface area contributed by atoms with Gasteiger partial charge in [0.1, 0.15) is 10.3 Å². The fourth-order valence-electron chi connectivity index (χ4n) is 5.33. The Kier molecular flexibility index (Phi) is 6.80. The lowest BCUT2D eigenvalue weighted by Gasteiger charge is -2.35. The fraction of sp³-hybridized carbons (Fsp3) is 0.296. The molecule has 1 fully saturated rings. The van der Waals surface area contributed by atoms with E-state index >= 15 is 0 Å². The Bertz CT molecular complexity index is 1500. The third kappa shape index (κ3) is 4.72. The summed E-state index contributed by atoms with van der Waals surface area (Å²) >= 11 is 1.32. The number of aromatic nitrogens is 4. The number of hydrogen-bond donors (Lipinski definition) is 3. The lowest BCUT2D eigenvalue weighted by atomic mass is 9.99. The number of nitrogens with one attached hydrogen (secondary N) is 3. The third-order valence-corrected chi connectivity index (χ3v) is 8.42. The van der Waals surface area contributed by atoms with Gasteiger partial charge in [0.25, 0.3) is 0 Å². The molecule has 4 atom stereocenters. The predicted molar refractivity (Wildman–Crippen MR) is 146 cm³/mol. The van der Waals surface area contributed by atoms with Crippen LogP contribution in [0.15, 0.2) is 60.5 Å². The topological polar surface area (TPSA) is 151 Å². The number of nitrogens with zero attached hydrogens (tertiary/aromatic N) is 5. The van der Waals surface area contributed by atoms with Crippen LogP contribution >= 0.6 is 11.8 Å². The minimum Gasteiger partial charge on any atom is -0.405 e. The van der Waals surface area contributed by atoms with Gasteiger partial charge >= 0.3 is 12.0 Å². The first-order valence-corrected chi connectivity index (χ1v) is 13.7. The van der Waals surface area contributed by atoms with E-state index in [9.17, 15) is 14.4 Å². The van der Waals surface area contributed by atoms with Gasteiger partial charge in [-0.2, -0.15) is 0 Å². The first-order chi connectivity index (χ1) is 19.4. The molecule has 4 amide bonds. The molecule has 2 aliphatic heterocycles. The van der Waals surface area contributed by atoms with Crippen LogP contribution < -0.4 is 25.6 Å². The average Bonchev–Trinajstić information content (AvgIpc) is 3.55. The van der Waals surface area contributed by atoms with Crippen LogP contribution in [0.1, 0.15) is 36.6 Å². The number of urea groups is 1. The predicted octanol–water partition coefficient (Wildman–Crippen LogP) is 3.08. The van der Waals surface area contributed by atoms with Gasteiger partial charge in [0.2, 0.25) is 17.7 Å². The molecular formula is C27H26N8O4S. The molecule has 3 aromatic rings. The molecule has 3 aromatic heterocycles. The van der Waals surface area contributed by atoms with Gasteiger partial charge in [-0.3, -0.25) is 14.5 Å². The number of rotatable bonds is 7. The standard InChI is InChI=1S/C27H26N8O4S/c1-3-19(36)32-15-6-4-7-16(15)33-24(37)23-22-21-18(10-13-28-25(21)40-23)35(27(38)34-22)17-8-9-20(31-14(17)2)39-26-29-11-5-12-30-26/h3,5,8-13,15-16,22-23H,1,4,6-7H2,2H3,(H,32,36)(H,33,37)(H,34,38)/t15-,16+,22?,23?/m0/s1. The molecule has 0 radical (unpaired) electrons. The molecule has 12 nitrogen and oxygen atoms in total.